The molecule has 43 heavy (non-hydrogen) atoms. The number of carbonyl (C=O) groups excluding carboxylic acids is 1. The van der Waals surface area contributed by atoms with E-state index in [0.717, 1.165) is 24.4 Å². The van der Waals surface area contributed by atoms with E-state index in [4.69, 9.17) is 11.6 Å². The number of hydrogen-bond donors (Lipinski definition) is 1. The van der Waals surface area contributed by atoms with Crippen LogP contribution in [0.1, 0.15) is 32.7 Å². The lowest BCUT2D eigenvalue weighted by atomic mass is 9.80. The monoisotopic (exact) mass is 632 g/mol. The minimum absolute atomic E-state index is 0.107. The lowest BCUT2D eigenvalue weighted by molar-refractivity contribution is -0.253. The number of amides is 1. The van der Waals surface area contributed by atoms with Crippen molar-refractivity contribution in [3.8, 4) is 5.75 Å². The Hall–Kier alpha value is -4.26. The maximum absolute atomic E-state index is 14.9. The predicted octanol–water partition coefficient (Wildman–Crippen LogP) is 8.19. The Bertz CT molecular complexity index is 1600. The molecule has 226 valence electrons. The zero-order chi connectivity index (χ0) is 31.6. The van der Waals surface area contributed by atoms with E-state index in [-0.39, 0.29) is 28.8 Å². The Morgan fingerprint density at radius 1 is 0.907 bits per heavy atom. The Balaban J connectivity index is 1.95. The molecule has 0 unspecified atom stereocenters. The van der Waals surface area contributed by atoms with Gasteiger partial charge in [-0.3, -0.25) is 9.78 Å². The fourth-order valence-electron chi connectivity index (χ4n) is 4.27. The molecular formula is C29H18ClF9N2O2. The molecule has 4 rings (SSSR count). The molecule has 0 aliphatic carbocycles. The van der Waals surface area contributed by atoms with E-state index in [1.165, 1.54) is 12.1 Å². The van der Waals surface area contributed by atoms with Crippen molar-refractivity contribution in [2.45, 2.75) is 30.7 Å². The second kappa shape index (κ2) is 12.2. The van der Waals surface area contributed by atoms with Crippen LogP contribution < -0.4 is 10.1 Å². The van der Waals surface area contributed by atoms with Crippen LogP contribution in [0.3, 0.4) is 0 Å². The van der Waals surface area contributed by atoms with Gasteiger partial charge >= 0.3 is 18.7 Å². The van der Waals surface area contributed by atoms with Crippen LogP contribution in [0.25, 0.3) is 0 Å². The van der Waals surface area contributed by atoms with Gasteiger partial charge in [0.1, 0.15) is 22.9 Å². The van der Waals surface area contributed by atoms with Crippen molar-refractivity contribution in [1.29, 1.82) is 0 Å². The first-order valence-corrected chi connectivity index (χ1v) is 12.5. The van der Waals surface area contributed by atoms with Gasteiger partial charge in [-0.25, -0.2) is 8.78 Å². The summed E-state index contributed by atoms with van der Waals surface area (Å²) in [6.45, 7) is 0. The Labute approximate surface area is 243 Å². The molecule has 1 aromatic heterocycles. The van der Waals surface area contributed by atoms with E-state index >= 15 is 0 Å². The third kappa shape index (κ3) is 7.22. The van der Waals surface area contributed by atoms with Crippen LogP contribution in [-0.4, -0.2) is 23.4 Å². The number of hydrogen-bond acceptors (Lipinski definition) is 3. The fourth-order valence-corrected chi connectivity index (χ4v) is 4.38. The predicted molar refractivity (Wildman–Crippen MR) is 137 cm³/mol. The van der Waals surface area contributed by atoms with Gasteiger partial charge in [0.25, 0.3) is 5.91 Å². The minimum atomic E-state index is -5.16. The highest BCUT2D eigenvalue weighted by Crippen LogP contribution is 2.38. The van der Waals surface area contributed by atoms with Gasteiger partial charge in [-0.2, -0.15) is 30.7 Å². The standard InChI is InChI=1S/C29H18ClF9N2O2/c30-19-7-9-24(40-15-19)27(14-16-4-2-1-3-5-16,18-11-20(31)13-21(12-18)43-29(38,39)26(33)34)41-25(42)17-6-8-23(32)22(10-17)28(35,36)37/h1-13,15,26H,14H2,(H,41,42)/t27-/m1/s1. The van der Waals surface area contributed by atoms with Crippen molar-refractivity contribution in [3.63, 3.8) is 0 Å². The fraction of sp³-hybridized carbons (Fsp3) is 0.172. The lowest BCUT2D eigenvalue weighted by Gasteiger charge is -2.36. The van der Waals surface area contributed by atoms with Gasteiger partial charge in [0.2, 0.25) is 0 Å². The molecule has 0 aliphatic rings. The van der Waals surface area contributed by atoms with Crippen LogP contribution >= 0.6 is 11.6 Å². The number of aromatic nitrogens is 1. The van der Waals surface area contributed by atoms with Gasteiger partial charge in [-0.1, -0.05) is 41.9 Å². The third-order valence-corrected chi connectivity index (χ3v) is 6.43. The molecule has 0 bridgehead atoms. The topological polar surface area (TPSA) is 51.2 Å². The highest BCUT2D eigenvalue weighted by molar-refractivity contribution is 6.30. The van der Waals surface area contributed by atoms with Crippen molar-refractivity contribution in [2.24, 2.45) is 0 Å². The second-order valence-corrected chi connectivity index (χ2v) is 9.65. The zero-order valence-electron chi connectivity index (χ0n) is 21.4. The normalized spacial score (nSPS) is 13.5. The number of pyridine rings is 1. The molecule has 4 nitrogen and oxygen atoms in total. The van der Waals surface area contributed by atoms with Crippen LogP contribution in [0, 0.1) is 11.6 Å². The number of nitrogens with zero attached hydrogens (tertiary/aromatic N) is 1. The summed E-state index contributed by atoms with van der Waals surface area (Å²) in [5.41, 5.74) is -4.52. The molecule has 14 heteroatoms. The molecule has 0 saturated carbocycles. The molecule has 4 aromatic rings. The molecule has 1 N–H and O–H groups in total. The summed E-state index contributed by atoms with van der Waals surface area (Å²) in [5.74, 6) is -5.19. The van der Waals surface area contributed by atoms with Gasteiger partial charge in [0.05, 0.1) is 16.3 Å². The number of ether oxygens (including phenoxy) is 1. The first-order chi connectivity index (χ1) is 20.1. The molecule has 0 spiro atoms. The summed E-state index contributed by atoms with van der Waals surface area (Å²) in [6.07, 6.45) is -13.7. The largest absolute Gasteiger partial charge is 0.461 e. The summed E-state index contributed by atoms with van der Waals surface area (Å²) in [4.78, 5) is 17.7. The summed E-state index contributed by atoms with van der Waals surface area (Å²) >= 11 is 5.97. The molecule has 1 atom stereocenters. The minimum Gasteiger partial charge on any atom is -0.428 e. The highest BCUT2D eigenvalue weighted by atomic mass is 35.5. The van der Waals surface area contributed by atoms with E-state index in [1.54, 1.807) is 30.3 Å². The van der Waals surface area contributed by atoms with Gasteiger partial charge in [0, 0.05) is 24.2 Å². The number of nitrogens with one attached hydrogen (secondary N) is 1. The number of benzene rings is 3. The summed E-state index contributed by atoms with van der Waals surface area (Å²) in [6, 6.07) is 13.9. The van der Waals surface area contributed by atoms with Gasteiger partial charge in [-0.05, 0) is 53.6 Å². The van der Waals surface area contributed by atoms with Crippen LogP contribution in [0.5, 0.6) is 5.75 Å². The van der Waals surface area contributed by atoms with E-state index in [0.29, 0.717) is 17.7 Å². The van der Waals surface area contributed by atoms with Gasteiger partial charge in [0.15, 0.2) is 0 Å². The number of alkyl halides is 7. The van der Waals surface area contributed by atoms with Crippen molar-refractivity contribution in [2.75, 3.05) is 0 Å². The van der Waals surface area contributed by atoms with E-state index in [9.17, 15) is 44.3 Å². The Morgan fingerprint density at radius 3 is 2.21 bits per heavy atom. The maximum Gasteiger partial charge on any atom is 0.461 e. The zero-order valence-corrected chi connectivity index (χ0v) is 22.2. The molecule has 0 aliphatic heterocycles. The van der Waals surface area contributed by atoms with Crippen molar-refractivity contribution in [1.82, 2.24) is 10.3 Å². The quantitative estimate of drug-likeness (QED) is 0.189. The third-order valence-electron chi connectivity index (χ3n) is 6.21. The lowest BCUT2D eigenvalue weighted by Crippen LogP contribution is -2.49. The van der Waals surface area contributed by atoms with E-state index < -0.39 is 58.7 Å². The molecule has 1 amide bonds. The molecule has 3 aromatic carbocycles. The molecular weight excluding hydrogens is 615 g/mol. The first-order valence-electron chi connectivity index (χ1n) is 12.1. The van der Waals surface area contributed by atoms with Gasteiger partial charge < -0.3 is 10.1 Å². The summed E-state index contributed by atoms with van der Waals surface area (Å²) in [7, 11) is 0. The van der Waals surface area contributed by atoms with Crippen molar-refractivity contribution >= 4 is 17.5 Å². The second-order valence-electron chi connectivity index (χ2n) is 9.22. The average Bonchev–Trinajstić information content (AvgIpc) is 2.92. The average molecular weight is 633 g/mol. The SMILES string of the molecule is O=C(N[C@](Cc1ccccc1)(c1cc(F)cc(OC(F)(F)C(F)F)c1)c1ccc(Cl)cn1)c1ccc(F)c(C(F)(F)F)c1. The smallest absolute Gasteiger partial charge is 0.428 e. The van der Waals surface area contributed by atoms with Crippen LogP contribution in [0.15, 0.2) is 85.1 Å². The highest BCUT2D eigenvalue weighted by Gasteiger charge is 2.45. The van der Waals surface area contributed by atoms with Crippen LogP contribution in [0.4, 0.5) is 39.5 Å². The summed E-state index contributed by atoms with van der Waals surface area (Å²) < 4.78 is 126. The molecule has 0 saturated heterocycles. The van der Waals surface area contributed by atoms with Crippen LogP contribution in [0.2, 0.25) is 5.02 Å². The number of carbonyl (C=O) groups is 1. The maximum atomic E-state index is 14.9. The molecule has 0 radical (unpaired) electrons. The van der Waals surface area contributed by atoms with Crippen LogP contribution in [-0.2, 0) is 18.1 Å². The van der Waals surface area contributed by atoms with Crippen molar-refractivity contribution < 1.29 is 49.0 Å². The summed E-state index contributed by atoms with van der Waals surface area (Å²) in [5, 5.41) is 2.60. The van der Waals surface area contributed by atoms with Crippen molar-refractivity contribution in [3.05, 3.63) is 130 Å². The molecule has 0 fully saturated rings. The first kappa shape index (κ1) is 31.7. The number of rotatable bonds is 9. The number of halogens is 10. The van der Waals surface area contributed by atoms with Gasteiger partial charge in [-0.15, -0.1) is 0 Å². The molecule has 1 heterocycles. The van der Waals surface area contributed by atoms with E-state index in [2.05, 4.69) is 15.0 Å². The Kier molecular flexibility index (Phi) is 8.95. The Morgan fingerprint density at radius 2 is 1.60 bits per heavy atom. The van der Waals surface area contributed by atoms with E-state index in [1.807, 2.05) is 0 Å².